The van der Waals surface area contributed by atoms with Gasteiger partial charge in [0, 0.05) is 0 Å². The third-order valence-electron chi connectivity index (χ3n) is 2.40. The van der Waals surface area contributed by atoms with Crippen LogP contribution in [0.5, 0.6) is 0 Å². The highest BCUT2D eigenvalue weighted by Gasteiger charge is 2.36. The highest BCUT2D eigenvalue weighted by atomic mass is 31.2. The molecular weight excluding hydrogens is 223 g/mol. The van der Waals surface area contributed by atoms with E-state index in [9.17, 15) is 0 Å². The monoisotopic (exact) mass is 238 g/mol. The van der Waals surface area contributed by atoms with Crippen molar-refractivity contribution in [3.63, 3.8) is 0 Å². The van der Waals surface area contributed by atoms with Crippen LogP contribution in [0, 0.1) is 0 Å². The summed E-state index contributed by atoms with van der Waals surface area (Å²) in [6, 6.07) is 0. The van der Waals surface area contributed by atoms with E-state index in [1.54, 1.807) is 0 Å². The van der Waals surface area contributed by atoms with Gasteiger partial charge in [-0.25, -0.2) is 4.57 Å². The molecule has 0 aromatic carbocycles. The molecule has 3 N–H and O–H groups in total. The van der Waals surface area contributed by atoms with Crippen LogP contribution in [0.1, 0.15) is 0 Å². The predicted molar refractivity (Wildman–Crippen MR) is 50.8 cm³/mol. The Hall–Kier alpha value is -0.0500. The Labute approximate surface area is 87.5 Å². The molecule has 0 saturated carbocycles. The number of hydrogen-bond donors (Lipinski definition) is 3. The Morgan fingerprint density at radius 2 is 0.800 bits per heavy atom. The number of rotatable bonds is 0. The maximum atomic E-state index is 8.88. The summed E-state index contributed by atoms with van der Waals surface area (Å²) in [4.78, 5) is 31.4. The summed E-state index contributed by atoms with van der Waals surface area (Å²) in [5, 5.41) is 0. The van der Waals surface area contributed by atoms with Gasteiger partial charge in [-0.1, -0.05) is 0 Å². The summed E-state index contributed by atoms with van der Waals surface area (Å²) in [5.41, 5.74) is 0. The van der Waals surface area contributed by atoms with Gasteiger partial charge >= 0.3 is 7.82 Å². The highest BCUT2D eigenvalue weighted by molar-refractivity contribution is 7.45. The minimum atomic E-state index is -4.64. The molecular formula is C6H15N4O4P. The average molecular weight is 238 g/mol. The first kappa shape index (κ1) is 11.4. The van der Waals surface area contributed by atoms with Gasteiger partial charge in [-0.05, 0) is 0 Å². The van der Waals surface area contributed by atoms with Gasteiger partial charge in [0.25, 0.3) is 0 Å². The zero-order valence-electron chi connectivity index (χ0n) is 8.23. The van der Waals surface area contributed by atoms with Crippen LogP contribution in [-0.2, 0) is 4.57 Å². The first-order chi connectivity index (χ1) is 6.90. The zero-order chi connectivity index (χ0) is 11.1. The van der Waals surface area contributed by atoms with Crippen LogP contribution < -0.4 is 0 Å². The summed E-state index contributed by atoms with van der Waals surface area (Å²) in [7, 11) is -4.64. The van der Waals surface area contributed by atoms with Gasteiger partial charge in [0.15, 0.2) is 0 Å². The van der Waals surface area contributed by atoms with Crippen molar-refractivity contribution in [2.24, 2.45) is 0 Å². The van der Waals surface area contributed by atoms with Gasteiger partial charge in [-0.15, -0.1) is 0 Å². The fourth-order valence-electron chi connectivity index (χ4n) is 2.23. The first-order valence-corrected chi connectivity index (χ1v) is 6.14. The molecule has 0 atom stereocenters. The van der Waals surface area contributed by atoms with Gasteiger partial charge in [0.1, 0.15) is 0 Å². The van der Waals surface area contributed by atoms with Crippen molar-refractivity contribution in [2.75, 3.05) is 40.0 Å². The SMILES string of the molecule is C1N2CN3CN1CN(C2)C3.O=P(O)(O)O. The molecule has 0 spiro atoms. The van der Waals surface area contributed by atoms with Crippen LogP contribution in [0.15, 0.2) is 0 Å². The minimum absolute atomic E-state index is 1.19. The van der Waals surface area contributed by atoms with E-state index in [2.05, 4.69) is 19.6 Å². The molecule has 4 heterocycles. The maximum Gasteiger partial charge on any atom is 0.466 e. The van der Waals surface area contributed by atoms with Crippen molar-refractivity contribution in [1.82, 2.24) is 19.6 Å². The number of phosphoric acid groups is 1. The van der Waals surface area contributed by atoms with Crippen molar-refractivity contribution in [3.05, 3.63) is 0 Å². The molecule has 4 saturated heterocycles. The Bertz CT molecular complexity index is 218. The van der Waals surface area contributed by atoms with Gasteiger partial charge in [-0.2, -0.15) is 0 Å². The normalized spacial score (nSPS) is 42.3. The number of hydrogen-bond acceptors (Lipinski definition) is 5. The Kier molecular flexibility index (Phi) is 3.11. The second kappa shape index (κ2) is 4.08. The largest absolute Gasteiger partial charge is 0.466 e. The first-order valence-electron chi connectivity index (χ1n) is 4.58. The van der Waals surface area contributed by atoms with Crippen LogP contribution in [-0.4, -0.2) is 74.3 Å². The molecule has 4 fully saturated rings. The van der Waals surface area contributed by atoms with E-state index in [1.807, 2.05) is 0 Å². The van der Waals surface area contributed by atoms with Crippen LogP contribution >= 0.6 is 7.82 Å². The molecule has 4 bridgehead atoms. The van der Waals surface area contributed by atoms with Crippen molar-refractivity contribution >= 4 is 7.82 Å². The van der Waals surface area contributed by atoms with Gasteiger partial charge in [0.2, 0.25) is 0 Å². The second-order valence-corrected chi connectivity index (χ2v) is 5.07. The Morgan fingerprint density at radius 1 is 0.667 bits per heavy atom. The zero-order valence-corrected chi connectivity index (χ0v) is 9.12. The molecule has 88 valence electrons. The Morgan fingerprint density at radius 3 is 0.933 bits per heavy atom. The average Bonchev–Trinajstić information content (AvgIpc) is 1.96. The summed E-state index contributed by atoms with van der Waals surface area (Å²) in [6.07, 6.45) is 0. The van der Waals surface area contributed by atoms with E-state index < -0.39 is 7.82 Å². The van der Waals surface area contributed by atoms with E-state index in [4.69, 9.17) is 19.2 Å². The highest BCUT2D eigenvalue weighted by Crippen LogP contribution is 2.25. The van der Waals surface area contributed by atoms with Crippen molar-refractivity contribution in [2.45, 2.75) is 0 Å². The molecule has 15 heavy (non-hydrogen) atoms. The predicted octanol–water partition coefficient (Wildman–Crippen LogP) is -1.95. The van der Waals surface area contributed by atoms with Crippen molar-refractivity contribution < 1.29 is 19.2 Å². The lowest BCUT2D eigenvalue weighted by Gasteiger charge is -2.56. The lowest BCUT2D eigenvalue weighted by Crippen LogP contribution is -2.71. The molecule has 0 unspecified atom stereocenters. The summed E-state index contributed by atoms with van der Waals surface area (Å²) >= 11 is 0. The summed E-state index contributed by atoms with van der Waals surface area (Å²) in [6.45, 7) is 7.12. The fraction of sp³-hybridized carbons (Fsp3) is 1.00. The lowest BCUT2D eigenvalue weighted by atomic mass is 10.4. The quantitative estimate of drug-likeness (QED) is 0.420. The second-order valence-electron chi connectivity index (χ2n) is 4.05. The standard InChI is InChI=1S/C6H12N4.H3O4P/c1-7-2-9-4-8(1)5-10(3-7)6-9;1-5(2,3)4/h1-6H2;(H3,1,2,3,4). The van der Waals surface area contributed by atoms with E-state index in [0.29, 0.717) is 0 Å². The smallest absolute Gasteiger partial charge is 0.303 e. The van der Waals surface area contributed by atoms with Crippen LogP contribution in [0.25, 0.3) is 0 Å². The summed E-state index contributed by atoms with van der Waals surface area (Å²) in [5.74, 6) is 0. The molecule has 4 rings (SSSR count). The topological polar surface area (TPSA) is 90.7 Å². The van der Waals surface area contributed by atoms with E-state index in [0.717, 1.165) is 0 Å². The van der Waals surface area contributed by atoms with Gasteiger partial charge < -0.3 is 14.7 Å². The molecule has 4 aliphatic rings. The lowest BCUT2D eigenvalue weighted by molar-refractivity contribution is -0.194. The maximum absolute atomic E-state index is 8.88. The molecule has 4 aliphatic heterocycles. The fourth-order valence-corrected chi connectivity index (χ4v) is 2.23. The third-order valence-corrected chi connectivity index (χ3v) is 2.40. The van der Waals surface area contributed by atoms with Crippen LogP contribution in [0.4, 0.5) is 0 Å². The van der Waals surface area contributed by atoms with E-state index >= 15 is 0 Å². The third kappa shape index (κ3) is 3.47. The van der Waals surface area contributed by atoms with Crippen molar-refractivity contribution in [1.29, 1.82) is 0 Å². The van der Waals surface area contributed by atoms with Crippen LogP contribution in [0.3, 0.4) is 0 Å². The summed E-state index contributed by atoms with van der Waals surface area (Å²) < 4.78 is 8.88. The molecule has 0 aromatic rings. The molecule has 0 aliphatic carbocycles. The molecule has 8 nitrogen and oxygen atoms in total. The van der Waals surface area contributed by atoms with Gasteiger partial charge in [0.05, 0.1) is 40.0 Å². The molecule has 0 amide bonds. The van der Waals surface area contributed by atoms with Crippen LogP contribution in [0.2, 0.25) is 0 Å². The Balaban J connectivity index is 0.000000149. The molecule has 0 radical (unpaired) electrons. The molecule has 0 aromatic heterocycles. The molecule has 9 heteroatoms. The minimum Gasteiger partial charge on any atom is -0.303 e. The van der Waals surface area contributed by atoms with Gasteiger partial charge in [-0.3, -0.25) is 19.6 Å². The number of nitrogens with zero attached hydrogens (tertiary/aromatic N) is 4. The van der Waals surface area contributed by atoms with Crippen molar-refractivity contribution in [3.8, 4) is 0 Å². The van der Waals surface area contributed by atoms with E-state index in [-0.39, 0.29) is 0 Å². The van der Waals surface area contributed by atoms with E-state index in [1.165, 1.54) is 40.0 Å².